The minimum atomic E-state index is -3.56. The van der Waals surface area contributed by atoms with E-state index in [1.54, 1.807) is 12.4 Å². The Morgan fingerprint density at radius 3 is 2.74 bits per heavy atom. The van der Waals surface area contributed by atoms with E-state index in [2.05, 4.69) is 25.1 Å². The molecule has 19 heavy (non-hydrogen) atoms. The highest BCUT2D eigenvalue weighted by molar-refractivity contribution is 7.89. The maximum absolute atomic E-state index is 11.9. The Bertz CT molecular complexity index is 608. The Kier molecular flexibility index (Phi) is 4.10. The van der Waals surface area contributed by atoms with Crippen LogP contribution in [0, 0.1) is 0 Å². The summed E-state index contributed by atoms with van der Waals surface area (Å²) in [7, 11) is -3.56. The van der Waals surface area contributed by atoms with Crippen LogP contribution in [0.25, 0.3) is 0 Å². The van der Waals surface area contributed by atoms with Crippen molar-refractivity contribution in [3.63, 3.8) is 0 Å². The fourth-order valence-corrected chi connectivity index (χ4v) is 2.42. The van der Waals surface area contributed by atoms with Gasteiger partial charge in [-0.15, -0.1) is 0 Å². The van der Waals surface area contributed by atoms with Gasteiger partial charge in [-0.2, -0.15) is 0 Å². The fraction of sp³-hybridized carbons (Fsp3) is 0.200. The molecule has 9 heteroatoms. The molecule has 0 aliphatic heterocycles. The van der Waals surface area contributed by atoms with Gasteiger partial charge in [0.05, 0.1) is 0 Å². The highest BCUT2D eigenvalue weighted by Gasteiger charge is 2.13. The van der Waals surface area contributed by atoms with Crippen LogP contribution in [0.4, 0.5) is 5.82 Å². The normalized spacial score (nSPS) is 11.4. The largest absolute Gasteiger partial charge is 0.349 e. The molecule has 0 fully saturated rings. The average Bonchev–Trinajstić information content (AvgIpc) is 2.92. The summed E-state index contributed by atoms with van der Waals surface area (Å²) >= 11 is 0. The van der Waals surface area contributed by atoms with Gasteiger partial charge >= 0.3 is 0 Å². The van der Waals surface area contributed by atoms with Crippen LogP contribution in [-0.4, -0.2) is 29.9 Å². The monoisotopic (exact) mass is 282 g/mol. The van der Waals surface area contributed by atoms with Crippen LogP contribution in [0.2, 0.25) is 0 Å². The van der Waals surface area contributed by atoms with Crippen molar-refractivity contribution < 1.29 is 8.42 Å². The van der Waals surface area contributed by atoms with E-state index in [1.807, 2.05) is 0 Å². The Morgan fingerprint density at radius 1 is 1.32 bits per heavy atom. The van der Waals surface area contributed by atoms with Gasteiger partial charge in [-0.3, -0.25) is 0 Å². The Balaban J connectivity index is 1.97. The number of anilines is 1. The van der Waals surface area contributed by atoms with Gasteiger partial charge in [0.2, 0.25) is 10.0 Å². The Labute approximate surface area is 110 Å². The van der Waals surface area contributed by atoms with Gasteiger partial charge in [-0.1, -0.05) is 0 Å². The Hall–Kier alpha value is -1.97. The highest BCUT2D eigenvalue weighted by atomic mass is 32.2. The first-order chi connectivity index (χ1) is 9.12. The minimum Gasteiger partial charge on any atom is -0.349 e. The lowest BCUT2D eigenvalue weighted by Gasteiger charge is -2.06. The molecule has 2 aromatic heterocycles. The van der Waals surface area contributed by atoms with Crippen molar-refractivity contribution in [1.82, 2.24) is 19.7 Å². The first-order valence-corrected chi connectivity index (χ1v) is 7.01. The molecule has 0 amide bonds. The van der Waals surface area contributed by atoms with Gasteiger partial charge in [0.25, 0.3) is 0 Å². The minimum absolute atomic E-state index is 0.0888. The molecule has 2 aromatic rings. The molecule has 2 rings (SSSR count). The number of hydrogen-bond acceptors (Lipinski definition) is 6. The zero-order valence-electron chi connectivity index (χ0n) is 10.00. The van der Waals surface area contributed by atoms with Crippen molar-refractivity contribution in [2.45, 2.75) is 11.3 Å². The fourth-order valence-electron chi connectivity index (χ4n) is 1.45. The summed E-state index contributed by atoms with van der Waals surface area (Å²) in [5.74, 6) is 6.28. The van der Waals surface area contributed by atoms with Crippen molar-refractivity contribution in [1.29, 1.82) is 0 Å². The summed E-state index contributed by atoms with van der Waals surface area (Å²) in [5.41, 5.74) is 2.33. The average molecular weight is 282 g/mol. The lowest BCUT2D eigenvalue weighted by molar-refractivity contribution is 0.580. The zero-order valence-corrected chi connectivity index (χ0v) is 10.8. The molecule has 0 saturated carbocycles. The van der Waals surface area contributed by atoms with Gasteiger partial charge in [0.15, 0.2) is 0 Å². The molecule has 8 nitrogen and oxygen atoms in total. The maximum atomic E-state index is 11.9. The van der Waals surface area contributed by atoms with E-state index in [1.165, 1.54) is 18.3 Å². The number of pyridine rings is 1. The number of hydrogen-bond donors (Lipinski definition) is 4. The number of imidazole rings is 1. The first-order valence-electron chi connectivity index (χ1n) is 5.52. The van der Waals surface area contributed by atoms with Gasteiger partial charge in [-0.25, -0.2) is 29.0 Å². The molecule has 0 atom stereocenters. The third kappa shape index (κ3) is 3.50. The molecule has 0 saturated heterocycles. The molecule has 102 valence electrons. The summed E-state index contributed by atoms with van der Waals surface area (Å²) in [4.78, 5) is 10.8. The maximum Gasteiger partial charge on any atom is 0.242 e. The predicted molar refractivity (Wildman–Crippen MR) is 69.5 cm³/mol. The summed E-state index contributed by atoms with van der Waals surface area (Å²) in [6.07, 6.45) is 5.03. The molecule has 0 radical (unpaired) electrons. The van der Waals surface area contributed by atoms with Crippen LogP contribution < -0.4 is 16.0 Å². The summed E-state index contributed by atoms with van der Waals surface area (Å²) in [6, 6.07) is 2.92. The van der Waals surface area contributed by atoms with E-state index in [-0.39, 0.29) is 11.4 Å². The van der Waals surface area contributed by atoms with Crippen LogP contribution >= 0.6 is 0 Å². The number of aromatic amines is 1. The van der Waals surface area contributed by atoms with Crippen LogP contribution in [0.1, 0.15) is 5.82 Å². The quantitative estimate of drug-likeness (QED) is 0.422. The lowest BCUT2D eigenvalue weighted by Crippen LogP contribution is -2.26. The van der Waals surface area contributed by atoms with E-state index in [0.717, 1.165) is 5.82 Å². The number of rotatable bonds is 6. The number of nitrogens with one attached hydrogen (secondary N) is 3. The van der Waals surface area contributed by atoms with E-state index in [9.17, 15) is 8.42 Å². The molecule has 2 heterocycles. The van der Waals surface area contributed by atoms with Gasteiger partial charge in [0, 0.05) is 31.6 Å². The first kappa shape index (κ1) is 13.5. The van der Waals surface area contributed by atoms with E-state index in [4.69, 9.17) is 5.84 Å². The topological polar surface area (TPSA) is 126 Å². The number of nitrogens with two attached hydrogens (primary N) is 1. The summed E-state index contributed by atoms with van der Waals surface area (Å²) in [5, 5.41) is 0. The van der Waals surface area contributed by atoms with Crippen LogP contribution in [0.15, 0.2) is 35.6 Å². The second-order valence-electron chi connectivity index (χ2n) is 3.71. The van der Waals surface area contributed by atoms with E-state index in [0.29, 0.717) is 12.2 Å². The second kappa shape index (κ2) is 5.78. The molecule has 0 aliphatic carbocycles. The SMILES string of the molecule is NNc1ccc(S(=O)(=O)NCCc2ncc[nH]2)cn1. The van der Waals surface area contributed by atoms with Crippen molar-refractivity contribution in [3.05, 3.63) is 36.5 Å². The molecule has 0 unspecified atom stereocenters. The molecular formula is C10H14N6O2S. The molecule has 0 aliphatic rings. The number of hydrazine groups is 1. The Morgan fingerprint density at radius 2 is 2.16 bits per heavy atom. The number of nitrogens with zero attached hydrogens (tertiary/aromatic N) is 2. The zero-order chi connectivity index (χ0) is 13.7. The van der Waals surface area contributed by atoms with E-state index >= 15 is 0 Å². The number of sulfonamides is 1. The summed E-state index contributed by atoms with van der Waals surface area (Å²) in [6.45, 7) is 0.257. The van der Waals surface area contributed by atoms with E-state index < -0.39 is 10.0 Å². The van der Waals surface area contributed by atoms with Crippen LogP contribution in [0.5, 0.6) is 0 Å². The molecule has 0 spiro atoms. The van der Waals surface area contributed by atoms with Crippen molar-refractivity contribution in [2.75, 3.05) is 12.0 Å². The predicted octanol–water partition coefficient (Wildman–Crippen LogP) is -0.389. The molecular weight excluding hydrogens is 268 g/mol. The van der Waals surface area contributed by atoms with Crippen molar-refractivity contribution in [3.8, 4) is 0 Å². The summed E-state index contributed by atoms with van der Waals surface area (Å²) < 4.78 is 26.3. The number of aromatic nitrogens is 3. The second-order valence-corrected chi connectivity index (χ2v) is 5.47. The van der Waals surface area contributed by atoms with Crippen molar-refractivity contribution in [2.24, 2.45) is 5.84 Å². The van der Waals surface area contributed by atoms with Gasteiger partial charge < -0.3 is 10.4 Å². The van der Waals surface area contributed by atoms with Crippen molar-refractivity contribution >= 4 is 15.8 Å². The number of nitrogen functional groups attached to an aromatic ring is 1. The third-order valence-corrected chi connectivity index (χ3v) is 3.85. The molecule has 0 aromatic carbocycles. The molecule has 0 bridgehead atoms. The van der Waals surface area contributed by atoms with Gasteiger partial charge in [0.1, 0.15) is 16.5 Å². The third-order valence-electron chi connectivity index (χ3n) is 2.40. The number of H-pyrrole nitrogens is 1. The van der Waals surface area contributed by atoms with Gasteiger partial charge in [-0.05, 0) is 12.1 Å². The molecule has 5 N–H and O–H groups in total. The lowest BCUT2D eigenvalue weighted by atomic mass is 10.4. The smallest absolute Gasteiger partial charge is 0.242 e. The van der Waals surface area contributed by atoms with Crippen LogP contribution in [-0.2, 0) is 16.4 Å². The van der Waals surface area contributed by atoms with Crippen LogP contribution in [0.3, 0.4) is 0 Å². The highest BCUT2D eigenvalue weighted by Crippen LogP contribution is 2.09. The standard InChI is InChI=1S/C10H14N6O2S/c11-16-10-2-1-8(7-14-10)19(17,18)15-4-3-9-12-5-6-13-9/h1-2,5-7,15H,3-4,11H2,(H,12,13)(H,14,16).